The van der Waals surface area contributed by atoms with Crippen LogP contribution in [0.3, 0.4) is 0 Å². The minimum atomic E-state index is -0.882. The van der Waals surface area contributed by atoms with Gasteiger partial charge in [0.05, 0.1) is 28.8 Å². The largest absolute Gasteiger partial charge is 0.481 e. The predicted octanol–water partition coefficient (Wildman–Crippen LogP) is 6.24. The van der Waals surface area contributed by atoms with Crippen LogP contribution in [0.15, 0.2) is 65.5 Å². The summed E-state index contributed by atoms with van der Waals surface area (Å²) in [5, 5.41) is 12.1. The zero-order valence-corrected chi connectivity index (χ0v) is 19.0. The van der Waals surface area contributed by atoms with Gasteiger partial charge in [-0.05, 0) is 61.7 Å². The van der Waals surface area contributed by atoms with Crippen molar-refractivity contribution in [3.63, 3.8) is 0 Å². The maximum absolute atomic E-state index is 13.0. The molecule has 0 radical (unpaired) electrons. The second-order valence-corrected chi connectivity index (χ2v) is 8.95. The summed E-state index contributed by atoms with van der Waals surface area (Å²) in [6.45, 7) is 1.63. The van der Waals surface area contributed by atoms with Crippen LogP contribution in [-0.2, 0) is 4.79 Å². The van der Waals surface area contributed by atoms with Gasteiger partial charge < -0.3 is 19.4 Å². The molecule has 2 N–H and O–H groups in total. The molecular formula is C27H27N3O4. The molecule has 5 rings (SSSR count). The Morgan fingerprint density at radius 1 is 1.09 bits per heavy atom. The van der Waals surface area contributed by atoms with E-state index in [2.05, 4.69) is 9.88 Å². The fourth-order valence-electron chi connectivity index (χ4n) is 4.75. The first-order chi connectivity index (χ1) is 16.5. The maximum Gasteiger partial charge on any atom is 0.310 e. The number of carbonyl (C=O) groups excluding carboxylic acids is 1. The SMILES string of the molecule is CC(C(=O)O)c1ccc(NC(=O)c2ccc3c(c2)nc(-c2ccoc2)n3C2CCCCC2)cc1. The lowest BCUT2D eigenvalue weighted by Crippen LogP contribution is -2.14. The van der Waals surface area contributed by atoms with E-state index in [1.807, 2.05) is 24.3 Å². The quantitative estimate of drug-likeness (QED) is 0.357. The van der Waals surface area contributed by atoms with Crippen molar-refractivity contribution in [3.05, 3.63) is 72.2 Å². The Hall–Kier alpha value is -3.87. The van der Waals surface area contributed by atoms with Crippen LogP contribution in [0.25, 0.3) is 22.4 Å². The number of imidazole rings is 1. The number of benzene rings is 2. The lowest BCUT2D eigenvalue weighted by atomic mass is 9.95. The summed E-state index contributed by atoms with van der Waals surface area (Å²) in [5.74, 6) is -0.849. The molecule has 1 atom stereocenters. The van der Waals surface area contributed by atoms with Gasteiger partial charge in [-0.15, -0.1) is 0 Å². The number of nitrogens with zero attached hydrogens (tertiary/aromatic N) is 2. The Bertz CT molecular complexity index is 1320. The Balaban J connectivity index is 1.43. The van der Waals surface area contributed by atoms with Crippen molar-refractivity contribution in [1.29, 1.82) is 0 Å². The number of carboxylic acids is 1. The lowest BCUT2D eigenvalue weighted by molar-refractivity contribution is -0.138. The van der Waals surface area contributed by atoms with Gasteiger partial charge in [-0.2, -0.15) is 0 Å². The Morgan fingerprint density at radius 3 is 2.53 bits per heavy atom. The van der Waals surface area contributed by atoms with E-state index in [4.69, 9.17) is 14.5 Å². The Morgan fingerprint density at radius 2 is 1.85 bits per heavy atom. The molecule has 1 unspecified atom stereocenters. The van der Waals surface area contributed by atoms with E-state index < -0.39 is 11.9 Å². The monoisotopic (exact) mass is 457 g/mol. The summed E-state index contributed by atoms with van der Waals surface area (Å²) in [5.41, 5.74) is 4.54. The van der Waals surface area contributed by atoms with E-state index in [0.717, 1.165) is 35.3 Å². The average Bonchev–Trinajstić information content (AvgIpc) is 3.52. The van der Waals surface area contributed by atoms with Gasteiger partial charge >= 0.3 is 5.97 Å². The summed E-state index contributed by atoms with van der Waals surface area (Å²) in [7, 11) is 0. The van der Waals surface area contributed by atoms with Gasteiger partial charge in [-0.25, -0.2) is 4.98 Å². The highest BCUT2D eigenvalue weighted by atomic mass is 16.4. The summed E-state index contributed by atoms with van der Waals surface area (Å²) in [6, 6.07) is 14.8. The number of carbonyl (C=O) groups is 2. The highest BCUT2D eigenvalue weighted by Crippen LogP contribution is 2.36. The molecule has 2 aromatic carbocycles. The fourth-order valence-corrected chi connectivity index (χ4v) is 4.75. The number of furan rings is 1. The fraction of sp³-hybridized carbons (Fsp3) is 0.296. The van der Waals surface area contributed by atoms with Crippen molar-refractivity contribution in [2.45, 2.75) is 51.0 Å². The van der Waals surface area contributed by atoms with Crippen LogP contribution in [0, 0.1) is 0 Å². The standard InChI is InChI=1S/C27H27N3O4/c1-17(27(32)33)18-7-10-21(11-8-18)28-26(31)19-9-12-24-23(15-19)29-25(20-13-14-34-16-20)30(24)22-5-3-2-4-6-22/h7-17,22H,2-6H2,1H3,(H,28,31)(H,32,33). The van der Waals surface area contributed by atoms with Gasteiger partial charge in [0.25, 0.3) is 5.91 Å². The van der Waals surface area contributed by atoms with Gasteiger partial charge in [-0.1, -0.05) is 31.4 Å². The van der Waals surface area contributed by atoms with Gasteiger partial charge in [0.2, 0.25) is 0 Å². The van der Waals surface area contributed by atoms with Crippen molar-refractivity contribution >= 4 is 28.6 Å². The lowest BCUT2D eigenvalue weighted by Gasteiger charge is -2.25. The molecule has 1 aliphatic carbocycles. The van der Waals surface area contributed by atoms with Crippen LogP contribution in [0.2, 0.25) is 0 Å². The first-order valence-electron chi connectivity index (χ1n) is 11.7. The maximum atomic E-state index is 13.0. The van der Waals surface area contributed by atoms with E-state index >= 15 is 0 Å². The van der Waals surface area contributed by atoms with Gasteiger partial charge in [0.1, 0.15) is 12.1 Å². The number of aliphatic carboxylic acids is 1. The minimum Gasteiger partial charge on any atom is -0.481 e. The number of nitrogens with one attached hydrogen (secondary N) is 1. The van der Waals surface area contributed by atoms with Gasteiger partial charge in [0.15, 0.2) is 0 Å². The molecule has 0 saturated heterocycles. The number of carboxylic acid groups (broad SMARTS) is 1. The van der Waals surface area contributed by atoms with Crippen LogP contribution >= 0.6 is 0 Å². The van der Waals surface area contributed by atoms with Crippen molar-refractivity contribution in [3.8, 4) is 11.4 Å². The Labute approximate surface area is 197 Å². The zero-order chi connectivity index (χ0) is 23.7. The summed E-state index contributed by atoms with van der Waals surface area (Å²) in [4.78, 5) is 29.0. The third-order valence-corrected chi connectivity index (χ3v) is 6.71. The summed E-state index contributed by atoms with van der Waals surface area (Å²) < 4.78 is 7.63. The average molecular weight is 458 g/mol. The van der Waals surface area contributed by atoms with E-state index in [9.17, 15) is 9.59 Å². The molecule has 1 fully saturated rings. The molecule has 7 nitrogen and oxygen atoms in total. The Kier molecular flexibility index (Phi) is 5.92. The molecule has 2 heterocycles. The van der Waals surface area contributed by atoms with E-state index in [1.54, 1.807) is 43.7 Å². The number of hydrogen-bond donors (Lipinski definition) is 2. The smallest absolute Gasteiger partial charge is 0.310 e. The van der Waals surface area contributed by atoms with Crippen LogP contribution in [0.5, 0.6) is 0 Å². The number of aromatic nitrogens is 2. The molecule has 4 aromatic rings. The summed E-state index contributed by atoms with van der Waals surface area (Å²) >= 11 is 0. The topological polar surface area (TPSA) is 97.4 Å². The first kappa shape index (κ1) is 21.9. The van der Waals surface area contributed by atoms with Crippen LogP contribution in [0.4, 0.5) is 5.69 Å². The van der Waals surface area contributed by atoms with E-state index in [0.29, 0.717) is 22.9 Å². The highest BCUT2D eigenvalue weighted by Gasteiger charge is 2.23. The second kappa shape index (κ2) is 9.17. The zero-order valence-electron chi connectivity index (χ0n) is 19.0. The number of amides is 1. The predicted molar refractivity (Wildman–Crippen MR) is 130 cm³/mol. The van der Waals surface area contributed by atoms with Crippen molar-refractivity contribution in [2.24, 2.45) is 0 Å². The highest BCUT2D eigenvalue weighted by molar-refractivity contribution is 6.06. The molecule has 0 spiro atoms. The molecule has 34 heavy (non-hydrogen) atoms. The minimum absolute atomic E-state index is 0.238. The number of rotatable bonds is 6. The molecular weight excluding hydrogens is 430 g/mol. The number of anilines is 1. The van der Waals surface area contributed by atoms with Crippen molar-refractivity contribution in [2.75, 3.05) is 5.32 Å². The number of fused-ring (bicyclic) bond motifs is 1. The molecule has 1 aliphatic rings. The normalized spacial score (nSPS) is 15.3. The van der Waals surface area contributed by atoms with Crippen LogP contribution < -0.4 is 5.32 Å². The van der Waals surface area contributed by atoms with Crippen molar-refractivity contribution < 1.29 is 19.1 Å². The molecule has 2 aromatic heterocycles. The van der Waals surface area contributed by atoms with E-state index in [-0.39, 0.29) is 5.91 Å². The van der Waals surface area contributed by atoms with Crippen molar-refractivity contribution in [1.82, 2.24) is 9.55 Å². The molecule has 7 heteroatoms. The second-order valence-electron chi connectivity index (χ2n) is 8.95. The molecule has 174 valence electrons. The van der Waals surface area contributed by atoms with Crippen LogP contribution in [-0.4, -0.2) is 26.5 Å². The third-order valence-electron chi connectivity index (χ3n) is 6.71. The van der Waals surface area contributed by atoms with Gasteiger partial charge in [-0.3, -0.25) is 9.59 Å². The van der Waals surface area contributed by atoms with E-state index in [1.165, 1.54) is 19.3 Å². The summed E-state index contributed by atoms with van der Waals surface area (Å²) in [6.07, 6.45) is 9.29. The first-order valence-corrected chi connectivity index (χ1v) is 11.7. The van der Waals surface area contributed by atoms with Gasteiger partial charge in [0, 0.05) is 17.3 Å². The number of hydrogen-bond acceptors (Lipinski definition) is 4. The van der Waals surface area contributed by atoms with Crippen LogP contribution in [0.1, 0.15) is 66.9 Å². The molecule has 1 amide bonds. The third kappa shape index (κ3) is 4.21. The molecule has 0 aliphatic heterocycles. The molecule has 1 saturated carbocycles. The molecule has 0 bridgehead atoms.